The van der Waals surface area contributed by atoms with Gasteiger partial charge in [0, 0.05) is 10.0 Å². The third kappa shape index (κ3) is 5.34. The van der Waals surface area contributed by atoms with E-state index in [9.17, 15) is 4.79 Å². The van der Waals surface area contributed by atoms with E-state index >= 15 is 0 Å². The van der Waals surface area contributed by atoms with Crippen LogP contribution < -0.4 is 4.74 Å². The molecule has 1 aliphatic carbocycles. The molecule has 0 aromatic heterocycles. The van der Waals surface area contributed by atoms with E-state index < -0.39 is 0 Å². The Morgan fingerprint density at radius 2 is 2.05 bits per heavy atom. The van der Waals surface area contributed by atoms with Crippen LogP contribution >= 0.6 is 15.9 Å². The van der Waals surface area contributed by atoms with E-state index in [1.54, 1.807) is 0 Å². The van der Waals surface area contributed by atoms with E-state index in [1.165, 1.54) is 32.1 Å². The van der Waals surface area contributed by atoms with E-state index in [-0.39, 0.29) is 12.4 Å². The van der Waals surface area contributed by atoms with E-state index in [0.29, 0.717) is 12.5 Å². The first-order valence-corrected chi connectivity index (χ1v) is 8.55. The molecule has 1 saturated carbocycles. The highest BCUT2D eigenvalue weighted by Gasteiger charge is 2.16. The predicted molar refractivity (Wildman–Crippen MR) is 86.5 cm³/mol. The lowest BCUT2D eigenvalue weighted by Crippen LogP contribution is -2.16. The largest absolute Gasteiger partial charge is 0.493 e. The van der Waals surface area contributed by atoms with Crippen LogP contribution in [-0.4, -0.2) is 19.2 Å². The lowest BCUT2D eigenvalue weighted by atomic mass is 9.90. The zero-order chi connectivity index (χ0) is 15.1. The van der Waals surface area contributed by atoms with Crippen LogP contribution in [-0.2, 0) is 16.0 Å². The molecule has 0 spiro atoms. The Hall–Kier alpha value is -1.03. The number of esters is 1. The summed E-state index contributed by atoms with van der Waals surface area (Å²) in [6.45, 7) is 2.97. The van der Waals surface area contributed by atoms with E-state index in [0.717, 1.165) is 22.4 Å². The molecule has 116 valence electrons. The van der Waals surface area contributed by atoms with Gasteiger partial charge in [0.05, 0.1) is 19.6 Å². The molecule has 1 aliphatic rings. The van der Waals surface area contributed by atoms with Crippen LogP contribution in [0.2, 0.25) is 0 Å². The van der Waals surface area contributed by atoms with Gasteiger partial charge in [-0.25, -0.2) is 0 Å². The van der Waals surface area contributed by atoms with Crippen LogP contribution in [0.1, 0.15) is 44.6 Å². The van der Waals surface area contributed by atoms with Gasteiger partial charge in [-0.1, -0.05) is 41.3 Å². The summed E-state index contributed by atoms with van der Waals surface area (Å²) in [7, 11) is 0. The maximum Gasteiger partial charge on any atom is 0.310 e. The van der Waals surface area contributed by atoms with Crippen molar-refractivity contribution in [3.05, 3.63) is 28.2 Å². The molecule has 1 aromatic rings. The first-order chi connectivity index (χ1) is 10.2. The van der Waals surface area contributed by atoms with Crippen molar-refractivity contribution in [3.8, 4) is 5.75 Å². The standard InChI is InChI=1S/C17H23BrO3/c1-2-20-17(19)10-14-8-9-15(18)11-16(14)21-12-13-6-4-3-5-7-13/h8-9,11,13H,2-7,10,12H2,1H3. The summed E-state index contributed by atoms with van der Waals surface area (Å²) in [4.78, 5) is 11.7. The molecule has 0 radical (unpaired) electrons. The second-order valence-corrected chi connectivity index (χ2v) is 6.46. The Labute approximate surface area is 135 Å². The highest BCUT2D eigenvalue weighted by Crippen LogP contribution is 2.28. The second kappa shape index (κ2) is 8.42. The fourth-order valence-electron chi connectivity index (χ4n) is 2.74. The van der Waals surface area contributed by atoms with Gasteiger partial charge >= 0.3 is 5.97 Å². The molecule has 4 heteroatoms. The quantitative estimate of drug-likeness (QED) is 0.704. The number of benzene rings is 1. The fourth-order valence-corrected chi connectivity index (χ4v) is 3.08. The van der Waals surface area contributed by atoms with Crippen molar-refractivity contribution in [2.75, 3.05) is 13.2 Å². The summed E-state index contributed by atoms with van der Waals surface area (Å²) in [5, 5.41) is 0. The summed E-state index contributed by atoms with van der Waals surface area (Å²) >= 11 is 3.46. The molecular weight excluding hydrogens is 332 g/mol. The van der Waals surface area contributed by atoms with Crippen molar-refractivity contribution in [3.63, 3.8) is 0 Å². The van der Waals surface area contributed by atoms with Gasteiger partial charge in [0.2, 0.25) is 0 Å². The van der Waals surface area contributed by atoms with E-state index in [1.807, 2.05) is 25.1 Å². The van der Waals surface area contributed by atoms with Crippen molar-refractivity contribution in [2.24, 2.45) is 5.92 Å². The highest BCUT2D eigenvalue weighted by atomic mass is 79.9. The average Bonchev–Trinajstić information content (AvgIpc) is 2.49. The smallest absolute Gasteiger partial charge is 0.310 e. The summed E-state index contributed by atoms with van der Waals surface area (Å²) in [5.74, 6) is 1.23. The van der Waals surface area contributed by atoms with Crippen LogP contribution in [0.3, 0.4) is 0 Å². The van der Waals surface area contributed by atoms with Gasteiger partial charge in [0.25, 0.3) is 0 Å². The number of carbonyl (C=O) groups excluding carboxylic acids is 1. The van der Waals surface area contributed by atoms with E-state index in [2.05, 4.69) is 15.9 Å². The van der Waals surface area contributed by atoms with Gasteiger partial charge in [0.1, 0.15) is 5.75 Å². The molecule has 0 bridgehead atoms. The highest BCUT2D eigenvalue weighted by molar-refractivity contribution is 9.10. The Balaban J connectivity index is 1.98. The Bertz CT molecular complexity index is 467. The molecule has 0 saturated heterocycles. The summed E-state index contributed by atoms with van der Waals surface area (Å²) in [6.07, 6.45) is 6.73. The molecule has 3 nitrogen and oxygen atoms in total. The van der Waals surface area contributed by atoms with E-state index in [4.69, 9.17) is 9.47 Å². The molecule has 0 amide bonds. The number of carbonyl (C=O) groups is 1. The number of halogens is 1. The van der Waals surface area contributed by atoms with Gasteiger partial charge in [-0.05, 0) is 37.8 Å². The molecule has 0 heterocycles. The first-order valence-electron chi connectivity index (χ1n) is 7.76. The Morgan fingerprint density at radius 1 is 1.29 bits per heavy atom. The Kier molecular flexibility index (Phi) is 6.55. The normalized spacial score (nSPS) is 15.7. The van der Waals surface area contributed by atoms with Crippen LogP contribution in [0.15, 0.2) is 22.7 Å². The van der Waals surface area contributed by atoms with Crippen LogP contribution in [0.5, 0.6) is 5.75 Å². The minimum absolute atomic E-state index is 0.206. The molecular formula is C17H23BrO3. The SMILES string of the molecule is CCOC(=O)Cc1ccc(Br)cc1OCC1CCCCC1. The minimum Gasteiger partial charge on any atom is -0.493 e. The van der Waals surface area contributed by atoms with Gasteiger partial charge in [-0.3, -0.25) is 4.79 Å². The van der Waals surface area contributed by atoms with Gasteiger partial charge in [0.15, 0.2) is 0 Å². The minimum atomic E-state index is -0.206. The van der Waals surface area contributed by atoms with Crippen LogP contribution in [0.25, 0.3) is 0 Å². The Morgan fingerprint density at radius 3 is 2.76 bits per heavy atom. The fraction of sp³-hybridized carbons (Fsp3) is 0.588. The van der Waals surface area contributed by atoms with Crippen molar-refractivity contribution < 1.29 is 14.3 Å². The number of ether oxygens (including phenoxy) is 2. The zero-order valence-electron chi connectivity index (χ0n) is 12.6. The molecule has 0 aliphatic heterocycles. The predicted octanol–water partition coefficient (Wildman–Crippen LogP) is 4.51. The van der Waals surface area contributed by atoms with Crippen LogP contribution in [0, 0.1) is 5.92 Å². The lowest BCUT2D eigenvalue weighted by Gasteiger charge is -2.22. The monoisotopic (exact) mass is 354 g/mol. The zero-order valence-corrected chi connectivity index (χ0v) is 14.2. The molecule has 1 aromatic carbocycles. The summed E-state index contributed by atoms with van der Waals surface area (Å²) in [5.41, 5.74) is 0.896. The van der Waals surface area contributed by atoms with Gasteiger partial charge < -0.3 is 9.47 Å². The summed E-state index contributed by atoms with van der Waals surface area (Å²) in [6, 6.07) is 5.80. The van der Waals surface area contributed by atoms with Gasteiger partial charge in [-0.2, -0.15) is 0 Å². The van der Waals surface area contributed by atoms with Crippen LogP contribution in [0.4, 0.5) is 0 Å². The molecule has 1 fully saturated rings. The molecule has 0 unspecified atom stereocenters. The molecule has 21 heavy (non-hydrogen) atoms. The molecule has 0 N–H and O–H groups in total. The molecule has 0 atom stereocenters. The maximum atomic E-state index is 11.7. The second-order valence-electron chi connectivity index (χ2n) is 5.55. The first kappa shape index (κ1) is 16.3. The maximum absolute atomic E-state index is 11.7. The van der Waals surface area contributed by atoms with Gasteiger partial charge in [-0.15, -0.1) is 0 Å². The summed E-state index contributed by atoms with van der Waals surface area (Å²) < 4.78 is 12.0. The van der Waals surface area contributed by atoms with Crippen molar-refractivity contribution in [1.29, 1.82) is 0 Å². The third-order valence-electron chi connectivity index (χ3n) is 3.87. The van der Waals surface area contributed by atoms with Crippen molar-refractivity contribution >= 4 is 21.9 Å². The lowest BCUT2D eigenvalue weighted by molar-refractivity contribution is -0.142. The number of hydrogen-bond acceptors (Lipinski definition) is 3. The number of rotatable bonds is 6. The van der Waals surface area contributed by atoms with Crippen molar-refractivity contribution in [2.45, 2.75) is 45.4 Å². The third-order valence-corrected chi connectivity index (χ3v) is 4.36. The topological polar surface area (TPSA) is 35.5 Å². The number of hydrogen-bond donors (Lipinski definition) is 0. The average molecular weight is 355 g/mol. The van der Waals surface area contributed by atoms with Crippen molar-refractivity contribution in [1.82, 2.24) is 0 Å². The molecule has 2 rings (SSSR count).